The number of carbonyl (C=O) groups excluding carboxylic acids is 2. The van der Waals surface area contributed by atoms with Crippen LogP contribution in [0.1, 0.15) is 323 Å². The van der Waals surface area contributed by atoms with Gasteiger partial charge < -0.3 is 28.5 Å². The van der Waals surface area contributed by atoms with E-state index in [1.807, 2.05) is 33.3 Å². The summed E-state index contributed by atoms with van der Waals surface area (Å²) in [7, 11) is 1.17. The van der Waals surface area contributed by atoms with Crippen LogP contribution in [0, 0.1) is 0 Å². The van der Waals surface area contributed by atoms with Gasteiger partial charge in [-0.3, -0.25) is 14.2 Å². The molecule has 0 aliphatic carbocycles. The van der Waals surface area contributed by atoms with Gasteiger partial charge in [0.25, 0.3) is 7.82 Å². The molecule has 0 bridgehead atoms. The third kappa shape index (κ3) is 63.7. The highest BCUT2D eigenvalue weighted by atomic mass is 31.2. The van der Waals surface area contributed by atoms with Gasteiger partial charge in [-0.25, -0.2) is 0 Å². The molecule has 1 N–H and O–H groups in total. The van der Waals surface area contributed by atoms with E-state index >= 15 is 0 Å². The van der Waals surface area contributed by atoms with Crippen molar-refractivity contribution in [2.45, 2.75) is 335 Å². The van der Waals surface area contributed by atoms with Crippen LogP contribution in [-0.2, 0) is 27.9 Å². The summed E-state index contributed by atoms with van der Waals surface area (Å²) in [5, 5.41) is 3.04. The fourth-order valence-electron chi connectivity index (χ4n) is 10.1. The minimum absolute atomic E-state index is 0.0278. The van der Waals surface area contributed by atoms with Gasteiger partial charge in [0.2, 0.25) is 5.91 Å². The summed E-state index contributed by atoms with van der Waals surface area (Å²) in [6.07, 6.45) is 84.2. The summed E-state index contributed by atoms with van der Waals surface area (Å²) in [6, 6.07) is -0.900. The zero-order chi connectivity index (χ0) is 61.4. The number of esters is 1. The van der Waals surface area contributed by atoms with Gasteiger partial charge in [0.15, 0.2) is 0 Å². The number of amides is 1. The van der Waals surface area contributed by atoms with E-state index < -0.39 is 26.6 Å². The second kappa shape index (κ2) is 63.2. The van der Waals surface area contributed by atoms with E-state index in [0.29, 0.717) is 23.9 Å². The topological polar surface area (TPSA) is 114 Å². The predicted molar refractivity (Wildman–Crippen MR) is 362 cm³/mol. The molecule has 0 aliphatic heterocycles. The Hall–Kier alpha value is -2.81. The number of unbranched alkanes of at least 4 members (excludes halogenated alkanes) is 36. The lowest BCUT2D eigenvalue weighted by Gasteiger charge is -2.30. The molecule has 0 radical (unpaired) electrons. The van der Waals surface area contributed by atoms with Crippen LogP contribution in [0.15, 0.2) is 85.1 Å². The van der Waals surface area contributed by atoms with Crippen molar-refractivity contribution in [3.05, 3.63) is 85.1 Å². The molecule has 0 heterocycles. The number of allylic oxidation sites excluding steroid dienone is 13. The quantitative estimate of drug-likeness (QED) is 0.0212. The first-order valence-corrected chi connectivity index (χ1v) is 36.9. The molecule has 9 nitrogen and oxygen atoms in total. The van der Waals surface area contributed by atoms with Crippen molar-refractivity contribution in [3.8, 4) is 0 Å². The molecule has 1 amide bonds. The summed E-state index contributed by atoms with van der Waals surface area (Å²) in [4.78, 5) is 40.2. The Morgan fingerprint density at radius 2 is 0.762 bits per heavy atom. The van der Waals surface area contributed by atoms with Crippen LogP contribution in [-0.4, -0.2) is 69.4 Å². The normalized spacial score (nSPS) is 14.0. The highest BCUT2D eigenvalue weighted by molar-refractivity contribution is 7.45. The monoisotopic (exact) mass is 1200 g/mol. The molecule has 10 heteroatoms. The molecule has 0 aromatic heterocycles. The average Bonchev–Trinajstić information content (AvgIpc) is 3.65. The van der Waals surface area contributed by atoms with Gasteiger partial charge in [-0.1, -0.05) is 292 Å². The van der Waals surface area contributed by atoms with E-state index in [1.54, 1.807) is 0 Å². The molecule has 0 spiro atoms. The lowest BCUT2D eigenvalue weighted by atomic mass is 10.0. The second-order valence-electron chi connectivity index (χ2n) is 25.0. The zero-order valence-electron chi connectivity index (χ0n) is 55.8. The van der Waals surface area contributed by atoms with Gasteiger partial charge in [-0.05, 0) is 102 Å². The number of rotatable bonds is 64. The number of hydrogen-bond donors (Lipinski definition) is 1. The van der Waals surface area contributed by atoms with Gasteiger partial charge in [0, 0.05) is 12.8 Å². The minimum atomic E-state index is -4.71. The maximum atomic E-state index is 13.6. The summed E-state index contributed by atoms with van der Waals surface area (Å²) in [6.45, 7) is 6.74. The first kappa shape index (κ1) is 81.2. The summed E-state index contributed by atoms with van der Waals surface area (Å²) in [5.74, 6) is -0.556. The summed E-state index contributed by atoms with van der Waals surface area (Å²) in [5.41, 5.74) is 0. The Morgan fingerprint density at radius 3 is 1.15 bits per heavy atom. The first-order valence-electron chi connectivity index (χ1n) is 35.4. The molecule has 3 unspecified atom stereocenters. The fourth-order valence-corrected chi connectivity index (χ4v) is 10.9. The smallest absolute Gasteiger partial charge is 0.306 e. The standard InChI is InChI=1S/C74H135N2O7P/c1-7-10-13-16-19-22-25-28-30-32-34-36-37-38-39-41-42-44-46-48-51-54-57-60-63-66-73(77)75-71(70-82-84(79,80)81-69-68-76(4,5)6)72(65-62-59-56-53-50-27-24-21-18-15-12-9-3)83-74(78)67-64-61-58-55-52-49-47-45-43-40-35-33-31-29-26-23-20-17-14-11-8-2/h11,14,20,23,28-31,35,40,45,47,62,65,71-72H,7-10,12-13,15-19,21-22,24-27,32-34,36-39,41-44,46,48-61,63-64,66-70H2,1-6H3,(H-,75,77,79,80)/b14-11-,23-20-,30-28+,31-29-,40-35-,47-45-,65-62-. The molecule has 0 aromatic rings. The Labute approximate surface area is 520 Å². The number of ether oxygens (including phenoxy) is 1. The van der Waals surface area contributed by atoms with Crippen LogP contribution in [0.25, 0.3) is 0 Å². The number of quaternary nitrogens is 1. The molecule has 488 valence electrons. The molecule has 0 saturated heterocycles. The second-order valence-corrected chi connectivity index (χ2v) is 26.4. The number of phosphoric acid groups is 1. The molecular weight excluding hydrogens is 1060 g/mol. The molecule has 0 rings (SSSR count). The van der Waals surface area contributed by atoms with E-state index in [-0.39, 0.29) is 24.9 Å². The average molecular weight is 1200 g/mol. The summed E-state index contributed by atoms with van der Waals surface area (Å²) < 4.78 is 30.4. The van der Waals surface area contributed by atoms with E-state index in [2.05, 4.69) is 99.0 Å². The third-order valence-electron chi connectivity index (χ3n) is 15.6. The maximum Gasteiger partial charge on any atom is 0.306 e. The highest BCUT2D eigenvalue weighted by Crippen LogP contribution is 2.38. The van der Waals surface area contributed by atoms with Gasteiger partial charge >= 0.3 is 5.97 Å². The maximum absolute atomic E-state index is 13.6. The fraction of sp³-hybridized carbons (Fsp3) is 0.784. The van der Waals surface area contributed by atoms with Gasteiger partial charge in [0.05, 0.1) is 33.8 Å². The van der Waals surface area contributed by atoms with Gasteiger partial charge in [0.1, 0.15) is 19.3 Å². The number of nitrogens with one attached hydrogen (secondary N) is 1. The lowest BCUT2D eigenvalue weighted by Crippen LogP contribution is -2.47. The highest BCUT2D eigenvalue weighted by Gasteiger charge is 2.27. The van der Waals surface area contributed by atoms with Crippen LogP contribution in [0.2, 0.25) is 0 Å². The molecule has 0 fully saturated rings. The van der Waals surface area contributed by atoms with Crippen molar-refractivity contribution >= 4 is 19.7 Å². The number of hydrogen-bond acceptors (Lipinski definition) is 7. The summed E-state index contributed by atoms with van der Waals surface area (Å²) >= 11 is 0. The van der Waals surface area contributed by atoms with Crippen molar-refractivity contribution in [1.29, 1.82) is 0 Å². The van der Waals surface area contributed by atoms with Crippen LogP contribution >= 0.6 is 7.82 Å². The van der Waals surface area contributed by atoms with Crippen molar-refractivity contribution in [1.82, 2.24) is 5.32 Å². The Kier molecular flexibility index (Phi) is 61.1. The minimum Gasteiger partial charge on any atom is -0.756 e. The molecule has 0 saturated carbocycles. The molecule has 0 aromatic carbocycles. The van der Waals surface area contributed by atoms with E-state index in [4.69, 9.17) is 13.8 Å². The van der Waals surface area contributed by atoms with Gasteiger partial charge in [-0.2, -0.15) is 0 Å². The van der Waals surface area contributed by atoms with Crippen LogP contribution in [0.4, 0.5) is 0 Å². The molecule has 0 aliphatic rings. The van der Waals surface area contributed by atoms with Crippen molar-refractivity contribution in [2.24, 2.45) is 0 Å². The molecule has 84 heavy (non-hydrogen) atoms. The van der Waals surface area contributed by atoms with Crippen molar-refractivity contribution < 1.29 is 37.3 Å². The predicted octanol–water partition coefficient (Wildman–Crippen LogP) is 21.9. The Bertz CT molecular complexity index is 1710. The van der Waals surface area contributed by atoms with E-state index in [0.717, 1.165) is 103 Å². The van der Waals surface area contributed by atoms with Crippen LogP contribution < -0.4 is 10.2 Å². The zero-order valence-corrected chi connectivity index (χ0v) is 56.7. The first-order chi connectivity index (χ1) is 40.9. The number of likely N-dealkylation sites (N-methyl/N-ethyl adjacent to an activating group) is 1. The lowest BCUT2D eigenvalue weighted by molar-refractivity contribution is -0.870. The van der Waals surface area contributed by atoms with Gasteiger partial charge in [-0.15, -0.1) is 0 Å². The van der Waals surface area contributed by atoms with Crippen LogP contribution in [0.3, 0.4) is 0 Å². The van der Waals surface area contributed by atoms with Crippen molar-refractivity contribution in [2.75, 3.05) is 40.9 Å². The number of carbonyl (C=O) groups is 2. The SMILES string of the molecule is CC/C=C\C/C=C\C/C=C\C/C=C\C/C=C\CCCCCCCC(=O)OC(/C=C\CCCCCCCCCCCC)C(COP(=O)([O-])OCC[N+](C)(C)C)NC(=O)CCCCCCCCCCCCCCCCC/C=C/CCCCCCCC. The largest absolute Gasteiger partial charge is 0.756 e. The Balaban J connectivity index is 5.09. The molecule has 3 atom stereocenters. The number of phosphoric ester groups is 1. The van der Waals surface area contributed by atoms with E-state index in [9.17, 15) is 19.0 Å². The van der Waals surface area contributed by atoms with Crippen molar-refractivity contribution in [3.63, 3.8) is 0 Å². The van der Waals surface area contributed by atoms with Crippen LogP contribution in [0.5, 0.6) is 0 Å². The third-order valence-corrected chi connectivity index (χ3v) is 16.5. The molecular formula is C74H135N2O7P. The number of nitrogens with zero attached hydrogens (tertiary/aromatic N) is 1. The van der Waals surface area contributed by atoms with E-state index in [1.165, 1.54) is 180 Å². The Morgan fingerprint density at radius 1 is 0.429 bits per heavy atom.